The number of nitrogens with zero attached hydrogens (tertiary/aromatic N) is 1. The molecule has 2 unspecified atom stereocenters. The van der Waals surface area contributed by atoms with Gasteiger partial charge in [-0.1, -0.05) is 31.2 Å². The maximum atomic E-state index is 11.2. The van der Waals surface area contributed by atoms with Crippen LogP contribution in [0.25, 0.3) is 0 Å². The topological polar surface area (TPSA) is 46.3 Å². The predicted molar refractivity (Wildman–Crippen MR) is 82.8 cm³/mol. The number of hydrogen-bond donors (Lipinski definition) is 1. The third-order valence-electron chi connectivity index (χ3n) is 4.36. The summed E-state index contributed by atoms with van der Waals surface area (Å²) in [5.41, 5.74) is 8.17. The van der Waals surface area contributed by atoms with E-state index in [0.717, 1.165) is 19.5 Å². The standard InChI is InChI=1S/C17H26N2O/c1-3-9-19(2)10-8-13-11-14(12-17(18)20)16-7-5-4-6-15(13)16/h4-7,13-14H,3,8-12H2,1-2H3,(H2,18,20). The largest absolute Gasteiger partial charge is 0.370 e. The monoisotopic (exact) mass is 274 g/mol. The molecule has 2 atom stereocenters. The van der Waals surface area contributed by atoms with E-state index in [2.05, 4.69) is 43.1 Å². The molecule has 0 spiro atoms. The van der Waals surface area contributed by atoms with Crippen molar-refractivity contribution in [2.24, 2.45) is 5.73 Å². The second-order valence-corrected chi connectivity index (χ2v) is 6.02. The highest BCUT2D eigenvalue weighted by atomic mass is 16.1. The summed E-state index contributed by atoms with van der Waals surface area (Å²) in [6.07, 6.45) is 3.92. The number of carbonyl (C=O) groups excluding carboxylic acids is 1. The molecule has 0 aliphatic heterocycles. The van der Waals surface area contributed by atoms with Crippen molar-refractivity contribution >= 4 is 5.91 Å². The van der Waals surface area contributed by atoms with E-state index in [1.54, 1.807) is 0 Å². The molecule has 0 aromatic heterocycles. The van der Waals surface area contributed by atoms with Crippen molar-refractivity contribution in [2.45, 2.75) is 44.4 Å². The number of carbonyl (C=O) groups is 1. The molecule has 2 rings (SSSR count). The fourth-order valence-electron chi connectivity index (χ4n) is 3.43. The SMILES string of the molecule is CCCN(C)CCC1CC(CC(N)=O)c2ccccc21. The van der Waals surface area contributed by atoms with E-state index < -0.39 is 0 Å². The Morgan fingerprint density at radius 1 is 1.25 bits per heavy atom. The average molecular weight is 274 g/mol. The van der Waals surface area contributed by atoms with Gasteiger partial charge in [0.15, 0.2) is 0 Å². The summed E-state index contributed by atoms with van der Waals surface area (Å²) in [5.74, 6) is 0.716. The van der Waals surface area contributed by atoms with Crippen molar-refractivity contribution in [3.63, 3.8) is 0 Å². The number of amides is 1. The van der Waals surface area contributed by atoms with Gasteiger partial charge in [-0.3, -0.25) is 4.79 Å². The molecule has 0 radical (unpaired) electrons. The number of benzene rings is 1. The average Bonchev–Trinajstić information content (AvgIpc) is 2.75. The predicted octanol–water partition coefficient (Wildman–Crippen LogP) is 2.86. The Labute approximate surface area is 122 Å². The highest BCUT2D eigenvalue weighted by molar-refractivity contribution is 5.75. The Kier molecular flexibility index (Phi) is 5.18. The molecule has 1 aromatic carbocycles. The van der Waals surface area contributed by atoms with Crippen LogP contribution in [0.5, 0.6) is 0 Å². The van der Waals surface area contributed by atoms with Gasteiger partial charge in [0.25, 0.3) is 0 Å². The fourth-order valence-corrected chi connectivity index (χ4v) is 3.43. The van der Waals surface area contributed by atoms with Crippen LogP contribution >= 0.6 is 0 Å². The lowest BCUT2D eigenvalue weighted by Gasteiger charge is -2.19. The van der Waals surface area contributed by atoms with Gasteiger partial charge in [-0.05, 0) is 62.4 Å². The summed E-state index contributed by atoms with van der Waals surface area (Å²) in [5, 5.41) is 0. The molecule has 20 heavy (non-hydrogen) atoms. The number of hydrogen-bond acceptors (Lipinski definition) is 2. The first-order valence-electron chi connectivity index (χ1n) is 7.67. The maximum absolute atomic E-state index is 11.2. The van der Waals surface area contributed by atoms with Crippen molar-refractivity contribution in [3.8, 4) is 0 Å². The quantitative estimate of drug-likeness (QED) is 0.831. The summed E-state index contributed by atoms with van der Waals surface area (Å²) in [6.45, 7) is 4.49. The van der Waals surface area contributed by atoms with Crippen LogP contribution in [-0.4, -0.2) is 30.9 Å². The van der Waals surface area contributed by atoms with Gasteiger partial charge >= 0.3 is 0 Å². The summed E-state index contributed by atoms with van der Waals surface area (Å²) in [6, 6.07) is 8.56. The fraction of sp³-hybridized carbons (Fsp3) is 0.588. The highest BCUT2D eigenvalue weighted by Gasteiger charge is 2.31. The minimum absolute atomic E-state index is 0.187. The second-order valence-electron chi connectivity index (χ2n) is 6.02. The first kappa shape index (κ1) is 15.0. The van der Waals surface area contributed by atoms with Crippen molar-refractivity contribution < 1.29 is 4.79 Å². The molecule has 1 amide bonds. The zero-order chi connectivity index (χ0) is 14.5. The third kappa shape index (κ3) is 3.60. The number of primary amides is 1. The van der Waals surface area contributed by atoms with Gasteiger partial charge in [-0.2, -0.15) is 0 Å². The van der Waals surface area contributed by atoms with Gasteiger partial charge in [0, 0.05) is 6.42 Å². The maximum Gasteiger partial charge on any atom is 0.218 e. The van der Waals surface area contributed by atoms with Crippen molar-refractivity contribution in [2.75, 3.05) is 20.1 Å². The van der Waals surface area contributed by atoms with E-state index in [0.29, 0.717) is 18.3 Å². The minimum atomic E-state index is -0.187. The lowest BCUT2D eigenvalue weighted by Crippen LogP contribution is -2.21. The summed E-state index contributed by atoms with van der Waals surface area (Å²) >= 11 is 0. The molecule has 1 aliphatic rings. The van der Waals surface area contributed by atoms with E-state index in [1.807, 2.05) is 0 Å². The third-order valence-corrected chi connectivity index (χ3v) is 4.36. The molecule has 3 heteroatoms. The summed E-state index contributed by atoms with van der Waals surface area (Å²) in [4.78, 5) is 13.6. The van der Waals surface area contributed by atoms with Crippen LogP contribution in [0.4, 0.5) is 0 Å². The normalized spacial score (nSPS) is 21.1. The Hall–Kier alpha value is -1.35. The molecular formula is C17H26N2O. The van der Waals surface area contributed by atoms with Crippen LogP contribution in [0.3, 0.4) is 0 Å². The van der Waals surface area contributed by atoms with E-state index >= 15 is 0 Å². The van der Waals surface area contributed by atoms with Gasteiger partial charge in [-0.25, -0.2) is 0 Å². The van der Waals surface area contributed by atoms with Crippen LogP contribution in [0.1, 0.15) is 55.6 Å². The molecule has 0 saturated carbocycles. The molecule has 3 nitrogen and oxygen atoms in total. The van der Waals surface area contributed by atoms with Crippen molar-refractivity contribution in [1.29, 1.82) is 0 Å². The van der Waals surface area contributed by atoms with Crippen molar-refractivity contribution in [1.82, 2.24) is 4.90 Å². The second kappa shape index (κ2) is 6.89. The molecule has 0 saturated heterocycles. The number of rotatable bonds is 7. The van der Waals surface area contributed by atoms with Crippen LogP contribution in [0, 0.1) is 0 Å². The van der Waals surface area contributed by atoms with Crippen LogP contribution in [-0.2, 0) is 4.79 Å². The Bertz CT molecular complexity index is 458. The van der Waals surface area contributed by atoms with E-state index in [1.165, 1.54) is 24.0 Å². The van der Waals surface area contributed by atoms with Gasteiger partial charge in [0.1, 0.15) is 0 Å². The smallest absolute Gasteiger partial charge is 0.218 e. The molecule has 0 bridgehead atoms. The number of fused-ring (bicyclic) bond motifs is 1. The molecule has 2 N–H and O–H groups in total. The zero-order valence-corrected chi connectivity index (χ0v) is 12.6. The first-order valence-corrected chi connectivity index (χ1v) is 7.67. The van der Waals surface area contributed by atoms with Crippen LogP contribution in [0.15, 0.2) is 24.3 Å². The Morgan fingerprint density at radius 3 is 2.50 bits per heavy atom. The van der Waals surface area contributed by atoms with Crippen LogP contribution in [0.2, 0.25) is 0 Å². The van der Waals surface area contributed by atoms with Crippen molar-refractivity contribution in [3.05, 3.63) is 35.4 Å². The van der Waals surface area contributed by atoms with E-state index in [9.17, 15) is 4.79 Å². The van der Waals surface area contributed by atoms with Gasteiger partial charge in [0.05, 0.1) is 0 Å². The van der Waals surface area contributed by atoms with E-state index in [4.69, 9.17) is 5.73 Å². The van der Waals surface area contributed by atoms with Gasteiger partial charge in [0.2, 0.25) is 5.91 Å². The first-order chi connectivity index (χ1) is 9.61. The molecule has 1 aliphatic carbocycles. The highest BCUT2D eigenvalue weighted by Crippen LogP contribution is 2.44. The number of nitrogens with two attached hydrogens (primary N) is 1. The minimum Gasteiger partial charge on any atom is -0.370 e. The Morgan fingerprint density at radius 2 is 1.90 bits per heavy atom. The lowest BCUT2D eigenvalue weighted by molar-refractivity contribution is -0.118. The molecule has 0 heterocycles. The molecule has 0 fully saturated rings. The van der Waals surface area contributed by atoms with Gasteiger partial charge in [-0.15, -0.1) is 0 Å². The summed E-state index contributed by atoms with van der Waals surface area (Å²) < 4.78 is 0. The van der Waals surface area contributed by atoms with Crippen LogP contribution < -0.4 is 5.73 Å². The molecule has 1 aromatic rings. The lowest BCUT2D eigenvalue weighted by atomic mass is 9.96. The molecular weight excluding hydrogens is 248 g/mol. The Balaban J connectivity index is 2.03. The molecule has 110 valence electrons. The van der Waals surface area contributed by atoms with E-state index in [-0.39, 0.29) is 5.91 Å². The zero-order valence-electron chi connectivity index (χ0n) is 12.6. The van der Waals surface area contributed by atoms with Gasteiger partial charge < -0.3 is 10.6 Å². The summed E-state index contributed by atoms with van der Waals surface area (Å²) in [7, 11) is 2.19.